The number of carbonyl (C=O) groups is 2. The molecule has 0 spiro atoms. The highest BCUT2D eigenvalue weighted by molar-refractivity contribution is 5.89. The first-order valence-corrected chi connectivity index (χ1v) is 12.3. The molecule has 2 aliphatic rings. The van der Waals surface area contributed by atoms with Gasteiger partial charge in [-0.15, -0.1) is 24.8 Å². The molecule has 0 radical (unpaired) electrons. The molecule has 0 bridgehead atoms. The minimum atomic E-state index is -1.17. The van der Waals surface area contributed by atoms with Gasteiger partial charge in [0.2, 0.25) is 0 Å². The molecule has 2 amide bonds. The Balaban J connectivity index is 0.00000228. The van der Waals surface area contributed by atoms with Crippen molar-refractivity contribution in [2.24, 2.45) is 0 Å². The van der Waals surface area contributed by atoms with Crippen LogP contribution in [0.15, 0.2) is 42.5 Å². The molecule has 198 valence electrons. The summed E-state index contributed by atoms with van der Waals surface area (Å²) in [6.07, 6.45) is -0.606. The number of carbonyl (C=O) groups excluding carboxylic acids is 2. The van der Waals surface area contributed by atoms with Gasteiger partial charge in [0.25, 0.3) is 0 Å². The molecule has 0 aliphatic carbocycles. The van der Waals surface area contributed by atoms with E-state index in [4.69, 9.17) is 0 Å². The average Bonchev–Trinajstić information content (AvgIpc) is 2.83. The van der Waals surface area contributed by atoms with Gasteiger partial charge in [-0.25, -0.2) is 9.28 Å². The smallest absolute Gasteiger partial charge is 0.315 e. The first kappa shape index (κ1) is 30.1. The molecule has 9 heteroatoms. The van der Waals surface area contributed by atoms with E-state index in [2.05, 4.69) is 40.5 Å². The van der Waals surface area contributed by atoms with E-state index in [0.29, 0.717) is 13.0 Å². The minimum absolute atomic E-state index is 0. The summed E-state index contributed by atoms with van der Waals surface area (Å²) in [4.78, 5) is 28.5. The minimum Gasteiger partial charge on any atom is -0.530 e. The standard InChI is InChI=1S/C27H36N4O3.2ClH/c1-5-30(27(33)34)25-16-19(2)31(4,20(3)32)26-11-10-23(17-24(25)26)22-8-6-21(7-9-22)18-29-14-12-28-13-15-29;;/h6-11,17,19,25,28H,5,12-16,18H2,1-4H3;2*1H/t19-,25?,31+;;/m0../s1. The second-order valence-corrected chi connectivity index (χ2v) is 9.74. The van der Waals surface area contributed by atoms with E-state index >= 15 is 0 Å². The van der Waals surface area contributed by atoms with Crippen LogP contribution >= 0.6 is 24.8 Å². The molecule has 2 aromatic carbocycles. The molecule has 3 atom stereocenters. The Hall–Kier alpha value is -2.16. The SMILES string of the molecule is CCN(C(=O)[O-])C1C[C@H](C)[N@+](C)(C(C)=O)c2ccc(-c3ccc(CN4CCNCC4)cc3)cc21.Cl.Cl. The van der Waals surface area contributed by atoms with Crippen molar-refractivity contribution in [1.82, 2.24) is 19.6 Å². The summed E-state index contributed by atoms with van der Waals surface area (Å²) in [6.45, 7) is 10.9. The predicted molar refractivity (Wildman–Crippen MR) is 148 cm³/mol. The molecule has 2 aromatic rings. The van der Waals surface area contributed by atoms with Crippen LogP contribution < -0.4 is 14.9 Å². The number of quaternary nitrogens is 1. The Kier molecular flexibility index (Phi) is 10.3. The predicted octanol–water partition coefficient (Wildman–Crippen LogP) is 3.58. The lowest BCUT2D eigenvalue weighted by atomic mass is 9.86. The number of nitrogens with zero attached hydrogens (tertiary/aromatic N) is 3. The first-order valence-electron chi connectivity index (χ1n) is 12.3. The highest BCUT2D eigenvalue weighted by Gasteiger charge is 2.47. The Bertz CT molecular complexity index is 1060. The van der Waals surface area contributed by atoms with E-state index in [1.807, 2.05) is 33.0 Å². The Morgan fingerprint density at radius 2 is 1.69 bits per heavy atom. The summed E-state index contributed by atoms with van der Waals surface area (Å²) in [7, 11) is 1.93. The topological polar surface area (TPSA) is 75.7 Å². The van der Waals surface area contributed by atoms with Gasteiger partial charge in [0, 0.05) is 57.3 Å². The second-order valence-electron chi connectivity index (χ2n) is 9.74. The Labute approximate surface area is 226 Å². The maximum absolute atomic E-state index is 12.8. The van der Waals surface area contributed by atoms with Crippen molar-refractivity contribution < 1.29 is 14.7 Å². The monoisotopic (exact) mass is 536 g/mol. The van der Waals surface area contributed by atoms with Crippen LogP contribution in [0.1, 0.15) is 44.4 Å². The first-order chi connectivity index (χ1) is 16.3. The second kappa shape index (κ2) is 12.4. The van der Waals surface area contributed by atoms with Crippen LogP contribution in [0.5, 0.6) is 0 Å². The summed E-state index contributed by atoms with van der Waals surface area (Å²) >= 11 is 0. The van der Waals surface area contributed by atoms with Gasteiger partial charge in [-0.2, -0.15) is 0 Å². The van der Waals surface area contributed by atoms with E-state index in [1.165, 1.54) is 10.5 Å². The number of benzene rings is 2. The van der Waals surface area contributed by atoms with Gasteiger partial charge in [0.1, 0.15) is 11.8 Å². The zero-order valence-corrected chi connectivity index (χ0v) is 23.2. The van der Waals surface area contributed by atoms with Crippen LogP contribution in [0.4, 0.5) is 10.5 Å². The third-order valence-electron chi connectivity index (χ3n) is 7.84. The fraction of sp³-hybridized carbons (Fsp3) is 0.481. The van der Waals surface area contributed by atoms with E-state index < -0.39 is 6.09 Å². The van der Waals surface area contributed by atoms with Gasteiger partial charge < -0.3 is 20.1 Å². The molecule has 2 heterocycles. The summed E-state index contributed by atoms with van der Waals surface area (Å²) in [5.41, 5.74) is 5.15. The zero-order chi connectivity index (χ0) is 24.5. The van der Waals surface area contributed by atoms with Gasteiger partial charge in [0.05, 0.1) is 26.1 Å². The van der Waals surface area contributed by atoms with Gasteiger partial charge in [0.15, 0.2) is 0 Å². The van der Waals surface area contributed by atoms with E-state index in [0.717, 1.165) is 55.1 Å². The number of carboxylic acid groups (broad SMARTS) is 1. The molecule has 1 saturated heterocycles. The molecule has 1 N–H and O–H groups in total. The van der Waals surface area contributed by atoms with Crippen LogP contribution in [-0.2, 0) is 11.3 Å². The number of hydrogen-bond acceptors (Lipinski definition) is 5. The Morgan fingerprint density at radius 3 is 2.25 bits per heavy atom. The highest BCUT2D eigenvalue weighted by Crippen LogP contribution is 2.45. The van der Waals surface area contributed by atoms with Crippen molar-refractivity contribution in [3.05, 3.63) is 53.6 Å². The summed E-state index contributed by atoms with van der Waals surface area (Å²) < 4.78 is 0.167. The van der Waals surface area contributed by atoms with Crippen molar-refractivity contribution in [3.8, 4) is 11.1 Å². The fourth-order valence-corrected chi connectivity index (χ4v) is 5.50. The molecule has 1 unspecified atom stereocenters. The van der Waals surface area contributed by atoms with Gasteiger partial charge in [-0.1, -0.05) is 24.3 Å². The number of fused-ring (bicyclic) bond motifs is 1. The third kappa shape index (κ3) is 5.71. The summed E-state index contributed by atoms with van der Waals surface area (Å²) in [5, 5.41) is 15.3. The third-order valence-corrected chi connectivity index (χ3v) is 7.84. The normalized spacial score (nSPS) is 23.6. The van der Waals surface area contributed by atoms with Crippen LogP contribution in [0.2, 0.25) is 0 Å². The van der Waals surface area contributed by atoms with Crippen molar-refractivity contribution in [2.45, 2.75) is 45.8 Å². The highest BCUT2D eigenvalue weighted by atomic mass is 35.5. The molecule has 1 fully saturated rings. The van der Waals surface area contributed by atoms with Crippen LogP contribution in [0.25, 0.3) is 11.1 Å². The summed E-state index contributed by atoms with van der Waals surface area (Å²) in [5.74, 6) is 0.0497. The van der Waals surface area contributed by atoms with Crippen molar-refractivity contribution >= 4 is 42.5 Å². The maximum atomic E-state index is 12.8. The lowest BCUT2D eigenvalue weighted by Gasteiger charge is -2.47. The van der Waals surface area contributed by atoms with Gasteiger partial charge in [-0.05, 0) is 42.7 Å². The van der Waals surface area contributed by atoms with E-state index in [9.17, 15) is 14.7 Å². The largest absolute Gasteiger partial charge is 0.530 e. The maximum Gasteiger partial charge on any atom is 0.315 e. The molecular formula is C27H38Cl2N4O3. The number of nitrogens with one attached hydrogen (secondary N) is 1. The van der Waals surface area contributed by atoms with Crippen LogP contribution in [0.3, 0.4) is 0 Å². The molecule has 0 saturated carbocycles. The Morgan fingerprint density at radius 1 is 1.08 bits per heavy atom. The molecule has 0 aromatic heterocycles. The molecule has 36 heavy (non-hydrogen) atoms. The molecular weight excluding hydrogens is 499 g/mol. The lowest BCUT2D eigenvalue weighted by molar-refractivity contribution is -0.268. The van der Waals surface area contributed by atoms with Crippen LogP contribution in [0, 0.1) is 0 Å². The fourth-order valence-electron chi connectivity index (χ4n) is 5.50. The number of halogens is 2. The van der Waals surface area contributed by atoms with Gasteiger partial charge >= 0.3 is 5.91 Å². The molecule has 4 rings (SSSR count). The quantitative estimate of drug-likeness (QED) is 0.591. The van der Waals surface area contributed by atoms with Crippen LogP contribution in [-0.4, -0.2) is 67.6 Å². The number of hydrogen-bond donors (Lipinski definition) is 1. The van der Waals surface area contributed by atoms with Crippen molar-refractivity contribution in [1.29, 1.82) is 0 Å². The van der Waals surface area contributed by atoms with Crippen molar-refractivity contribution in [2.75, 3.05) is 39.8 Å². The lowest BCUT2D eigenvalue weighted by Crippen LogP contribution is -2.60. The number of piperazine rings is 1. The zero-order valence-electron chi connectivity index (χ0n) is 21.5. The van der Waals surface area contributed by atoms with E-state index in [1.54, 1.807) is 6.92 Å². The summed E-state index contributed by atoms with van der Waals surface area (Å²) in [6, 6.07) is 14.4. The molecule has 7 nitrogen and oxygen atoms in total. The average molecular weight is 538 g/mol. The van der Waals surface area contributed by atoms with Gasteiger partial charge in [-0.3, -0.25) is 4.90 Å². The molecule has 2 aliphatic heterocycles. The number of amides is 2. The van der Waals surface area contributed by atoms with E-state index in [-0.39, 0.29) is 47.3 Å². The van der Waals surface area contributed by atoms with Crippen molar-refractivity contribution in [3.63, 3.8) is 0 Å². The number of rotatable bonds is 5.